The van der Waals surface area contributed by atoms with Gasteiger partial charge in [0, 0.05) is 11.8 Å². The summed E-state index contributed by atoms with van der Waals surface area (Å²) in [5.74, 6) is -0.204. The van der Waals surface area contributed by atoms with Crippen LogP contribution in [0.2, 0.25) is 0 Å². The Morgan fingerprint density at radius 1 is 1.38 bits per heavy atom. The van der Waals surface area contributed by atoms with Crippen LogP contribution in [0.3, 0.4) is 0 Å². The molecule has 0 fully saturated rings. The summed E-state index contributed by atoms with van der Waals surface area (Å²) >= 11 is 1.49. The molecule has 0 aromatic rings. The Balaban J connectivity index is 3.88. The highest BCUT2D eigenvalue weighted by Crippen LogP contribution is 2.20. The molecular weight excluding hydrogens is 226 g/mol. The SMILES string of the molecule is CCCNC(=O)C(C)SC(C)CC(=O)OC. The lowest BCUT2D eigenvalue weighted by Crippen LogP contribution is -2.32. The Hall–Kier alpha value is -0.710. The number of hydrogen-bond acceptors (Lipinski definition) is 4. The monoisotopic (exact) mass is 247 g/mol. The second-order valence-electron chi connectivity index (χ2n) is 3.66. The number of carbonyl (C=O) groups excluding carboxylic acids is 2. The molecule has 1 amide bonds. The summed E-state index contributed by atoms with van der Waals surface area (Å²) in [5.41, 5.74) is 0. The van der Waals surface area contributed by atoms with Crippen LogP contribution >= 0.6 is 11.8 Å². The lowest BCUT2D eigenvalue weighted by atomic mass is 10.3. The zero-order valence-corrected chi connectivity index (χ0v) is 11.2. The molecule has 2 atom stereocenters. The van der Waals surface area contributed by atoms with Crippen LogP contribution in [0.5, 0.6) is 0 Å². The maximum atomic E-state index is 11.5. The number of thioether (sulfide) groups is 1. The maximum absolute atomic E-state index is 11.5. The smallest absolute Gasteiger partial charge is 0.306 e. The molecule has 0 saturated carbocycles. The van der Waals surface area contributed by atoms with Gasteiger partial charge in [-0.15, -0.1) is 11.8 Å². The Kier molecular flexibility index (Phi) is 8.07. The van der Waals surface area contributed by atoms with Gasteiger partial charge in [0.05, 0.1) is 18.8 Å². The van der Waals surface area contributed by atoms with E-state index < -0.39 is 0 Å². The lowest BCUT2D eigenvalue weighted by molar-refractivity contribution is -0.140. The summed E-state index contributed by atoms with van der Waals surface area (Å²) in [6, 6.07) is 0. The van der Waals surface area contributed by atoms with Crippen molar-refractivity contribution in [2.45, 2.75) is 44.1 Å². The van der Waals surface area contributed by atoms with Gasteiger partial charge in [-0.25, -0.2) is 0 Å². The zero-order valence-electron chi connectivity index (χ0n) is 10.4. The summed E-state index contributed by atoms with van der Waals surface area (Å²) in [5, 5.41) is 2.79. The van der Waals surface area contributed by atoms with Crippen LogP contribution in [0, 0.1) is 0 Å². The molecule has 0 aliphatic heterocycles. The highest BCUT2D eigenvalue weighted by Gasteiger charge is 2.18. The Labute approximate surface area is 101 Å². The number of methoxy groups -OCH3 is 1. The Morgan fingerprint density at radius 3 is 2.50 bits per heavy atom. The van der Waals surface area contributed by atoms with Crippen molar-refractivity contribution in [3.8, 4) is 0 Å². The molecular formula is C11H21NO3S. The van der Waals surface area contributed by atoms with Gasteiger partial charge < -0.3 is 10.1 Å². The molecule has 0 aliphatic carbocycles. The molecule has 0 heterocycles. The van der Waals surface area contributed by atoms with Gasteiger partial charge in [0.2, 0.25) is 5.91 Å². The molecule has 0 spiro atoms. The van der Waals surface area contributed by atoms with Crippen molar-refractivity contribution in [2.24, 2.45) is 0 Å². The topological polar surface area (TPSA) is 55.4 Å². The van der Waals surface area contributed by atoms with Crippen molar-refractivity contribution in [1.29, 1.82) is 0 Å². The van der Waals surface area contributed by atoms with Gasteiger partial charge in [-0.1, -0.05) is 13.8 Å². The predicted octanol–water partition coefficient (Wildman–Crippen LogP) is 1.59. The van der Waals surface area contributed by atoms with E-state index in [0.29, 0.717) is 13.0 Å². The average Bonchev–Trinajstić information content (AvgIpc) is 2.25. The molecule has 1 N–H and O–H groups in total. The van der Waals surface area contributed by atoms with Crippen LogP contribution in [-0.4, -0.2) is 36.0 Å². The van der Waals surface area contributed by atoms with E-state index in [1.54, 1.807) is 0 Å². The zero-order chi connectivity index (χ0) is 12.6. The van der Waals surface area contributed by atoms with E-state index >= 15 is 0 Å². The lowest BCUT2D eigenvalue weighted by Gasteiger charge is -2.15. The van der Waals surface area contributed by atoms with Crippen molar-refractivity contribution in [3.05, 3.63) is 0 Å². The number of hydrogen-bond donors (Lipinski definition) is 1. The van der Waals surface area contributed by atoms with E-state index in [1.807, 2.05) is 20.8 Å². The normalized spacial score (nSPS) is 14.0. The van der Waals surface area contributed by atoms with Crippen LogP contribution < -0.4 is 5.32 Å². The highest BCUT2D eigenvalue weighted by molar-refractivity contribution is 8.01. The summed E-state index contributed by atoms with van der Waals surface area (Å²) in [6.45, 7) is 6.49. The fraction of sp³-hybridized carbons (Fsp3) is 0.818. The van der Waals surface area contributed by atoms with Crippen LogP contribution in [0.4, 0.5) is 0 Å². The van der Waals surface area contributed by atoms with Crippen LogP contribution in [0.15, 0.2) is 0 Å². The molecule has 0 rings (SSSR count). The van der Waals surface area contributed by atoms with E-state index in [0.717, 1.165) is 6.42 Å². The van der Waals surface area contributed by atoms with E-state index in [1.165, 1.54) is 18.9 Å². The molecule has 0 saturated heterocycles. The first-order valence-corrected chi connectivity index (χ1v) is 6.45. The molecule has 94 valence electrons. The first kappa shape index (κ1) is 15.3. The minimum Gasteiger partial charge on any atom is -0.469 e. The minimum atomic E-state index is -0.235. The fourth-order valence-electron chi connectivity index (χ4n) is 1.17. The largest absolute Gasteiger partial charge is 0.469 e. The van der Waals surface area contributed by atoms with E-state index in [9.17, 15) is 9.59 Å². The third-order valence-electron chi connectivity index (χ3n) is 2.04. The van der Waals surface area contributed by atoms with Crippen LogP contribution in [0.1, 0.15) is 33.6 Å². The maximum Gasteiger partial charge on any atom is 0.306 e. The van der Waals surface area contributed by atoms with Gasteiger partial charge in [-0.2, -0.15) is 0 Å². The van der Waals surface area contributed by atoms with E-state index in [4.69, 9.17) is 0 Å². The first-order chi connectivity index (χ1) is 7.51. The van der Waals surface area contributed by atoms with Gasteiger partial charge in [0.25, 0.3) is 0 Å². The quantitative estimate of drug-likeness (QED) is 0.694. The second kappa shape index (κ2) is 8.44. The number of amides is 1. The van der Waals surface area contributed by atoms with Crippen molar-refractivity contribution < 1.29 is 14.3 Å². The van der Waals surface area contributed by atoms with Crippen LogP contribution in [-0.2, 0) is 14.3 Å². The van der Waals surface area contributed by atoms with Crippen LogP contribution in [0.25, 0.3) is 0 Å². The number of carbonyl (C=O) groups is 2. The molecule has 0 bridgehead atoms. The second-order valence-corrected chi connectivity index (χ2v) is 5.44. The van der Waals surface area contributed by atoms with Gasteiger partial charge in [0.1, 0.15) is 0 Å². The van der Waals surface area contributed by atoms with Gasteiger partial charge in [-0.05, 0) is 13.3 Å². The molecule has 5 heteroatoms. The molecule has 4 nitrogen and oxygen atoms in total. The number of esters is 1. The molecule has 0 aromatic carbocycles. The van der Waals surface area contributed by atoms with Crippen molar-refractivity contribution in [2.75, 3.05) is 13.7 Å². The van der Waals surface area contributed by atoms with Gasteiger partial charge >= 0.3 is 5.97 Å². The van der Waals surface area contributed by atoms with Crippen molar-refractivity contribution in [1.82, 2.24) is 5.32 Å². The van der Waals surface area contributed by atoms with Crippen molar-refractivity contribution in [3.63, 3.8) is 0 Å². The summed E-state index contributed by atoms with van der Waals surface area (Å²) < 4.78 is 4.57. The molecule has 0 aliphatic rings. The molecule has 0 radical (unpaired) electrons. The van der Waals surface area contributed by atoms with Gasteiger partial charge in [0.15, 0.2) is 0 Å². The first-order valence-electron chi connectivity index (χ1n) is 5.51. The number of nitrogens with one attached hydrogen (secondary N) is 1. The predicted molar refractivity (Wildman–Crippen MR) is 66.4 cm³/mol. The third kappa shape index (κ3) is 6.71. The fourth-order valence-corrected chi connectivity index (χ4v) is 2.30. The third-order valence-corrected chi connectivity index (χ3v) is 3.29. The minimum absolute atomic E-state index is 0.0311. The summed E-state index contributed by atoms with van der Waals surface area (Å²) in [7, 11) is 1.37. The Bertz CT molecular complexity index is 233. The van der Waals surface area contributed by atoms with E-state index in [-0.39, 0.29) is 22.4 Å². The van der Waals surface area contributed by atoms with Crippen molar-refractivity contribution >= 4 is 23.6 Å². The summed E-state index contributed by atoms with van der Waals surface area (Å²) in [6.07, 6.45) is 1.27. The molecule has 16 heavy (non-hydrogen) atoms. The summed E-state index contributed by atoms with van der Waals surface area (Å²) in [4.78, 5) is 22.6. The van der Waals surface area contributed by atoms with E-state index in [2.05, 4.69) is 10.1 Å². The molecule has 2 unspecified atom stereocenters. The highest BCUT2D eigenvalue weighted by atomic mass is 32.2. The number of rotatable bonds is 7. The standard InChI is InChI=1S/C11H21NO3S/c1-5-6-12-11(14)9(3)16-8(2)7-10(13)15-4/h8-9H,5-7H2,1-4H3,(H,12,14). The Morgan fingerprint density at radius 2 is 2.00 bits per heavy atom. The van der Waals surface area contributed by atoms with Gasteiger partial charge in [-0.3, -0.25) is 9.59 Å². The average molecular weight is 247 g/mol. The number of ether oxygens (including phenoxy) is 1. The molecule has 0 aromatic heterocycles.